The summed E-state index contributed by atoms with van der Waals surface area (Å²) in [6.07, 6.45) is -0.161. The maximum Gasteiger partial charge on any atom is 0.340 e. The summed E-state index contributed by atoms with van der Waals surface area (Å²) in [5, 5.41) is 11.3. The van der Waals surface area contributed by atoms with Crippen LogP contribution in [0.5, 0.6) is 0 Å². The molecule has 1 N–H and O–H groups in total. The fraction of sp³-hybridized carbons (Fsp3) is 0.167. The van der Waals surface area contributed by atoms with Crippen LogP contribution in [-0.4, -0.2) is 32.7 Å². The number of benzene rings is 2. The van der Waals surface area contributed by atoms with E-state index in [2.05, 4.69) is 5.32 Å². The molecule has 2 aromatic carbocycles. The molecule has 0 aliphatic carbocycles. The van der Waals surface area contributed by atoms with Crippen molar-refractivity contribution in [2.24, 2.45) is 0 Å². The summed E-state index contributed by atoms with van der Waals surface area (Å²) >= 11 is 0. The lowest BCUT2D eigenvalue weighted by Gasteiger charge is -2.14. The number of esters is 1. The van der Waals surface area contributed by atoms with Crippen LogP contribution < -0.4 is 5.32 Å². The van der Waals surface area contributed by atoms with Gasteiger partial charge < -0.3 is 10.1 Å². The molecular formula is C18H16N2O5S. The number of carbonyl (C=O) groups excluding carboxylic acids is 2. The molecule has 0 aliphatic heterocycles. The van der Waals surface area contributed by atoms with E-state index >= 15 is 0 Å². The van der Waals surface area contributed by atoms with Gasteiger partial charge in [0.25, 0.3) is 5.91 Å². The molecule has 0 fully saturated rings. The lowest BCUT2D eigenvalue weighted by atomic mass is 10.2. The number of ether oxygens (including phenoxy) is 1. The monoisotopic (exact) mass is 372 g/mol. The molecule has 2 rings (SSSR count). The minimum atomic E-state index is -3.62. The van der Waals surface area contributed by atoms with E-state index in [-0.39, 0.29) is 10.5 Å². The number of amides is 1. The Morgan fingerprint density at radius 2 is 1.73 bits per heavy atom. The topological polar surface area (TPSA) is 113 Å². The number of anilines is 1. The molecule has 0 unspecified atom stereocenters. The molecule has 0 aliphatic rings. The minimum absolute atomic E-state index is 0.131. The smallest absolute Gasteiger partial charge is 0.340 e. The van der Waals surface area contributed by atoms with Crippen molar-refractivity contribution in [1.29, 1.82) is 5.26 Å². The molecule has 1 amide bonds. The predicted octanol–water partition coefficient (Wildman–Crippen LogP) is 2.15. The second kappa shape index (κ2) is 7.80. The fourth-order valence-electron chi connectivity index (χ4n) is 2.11. The first-order chi connectivity index (χ1) is 12.2. The van der Waals surface area contributed by atoms with Crippen LogP contribution in [0.4, 0.5) is 5.69 Å². The van der Waals surface area contributed by atoms with Crippen molar-refractivity contribution >= 4 is 27.4 Å². The van der Waals surface area contributed by atoms with Crippen LogP contribution in [0.1, 0.15) is 22.8 Å². The molecular weight excluding hydrogens is 356 g/mol. The van der Waals surface area contributed by atoms with E-state index in [9.17, 15) is 18.0 Å². The summed E-state index contributed by atoms with van der Waals surface area (Å²) in [5.41, 5.74) is 0.751. The molecule has 0 spiro atoms. The number of nitriles is 1. The van der Waals surface area contributed by atoms with E-state index < -0.39 is 27.8 Å². The van der Waals surface area contributed by atoms with Crippen molar-refractivity contribution in [2.45, 2.75) is 17.9 Å². The Balaban J connectivity index is 2.09. The van der Waals surface area contributed by atoms with E-state index in [1.54, 1.807) is 12.1 Å². The van der Waals surface area contributed by atoms with Crippen molar-refractivity contribution in [3.8, 4) is 6.07 Å². The third kappa shape index (κ3) is 4.68. The lowest BCUT2D eigenvalue weighted by molar-refractivity contribution is -0.123. The first-order valence-electron chi connectivity index (χ1n) is 7.53. The van der Waals surface area contributed by atoms with Crippen molar-refractivity contribution in [1.82, 2.24) is 0 Å². The van der Waals surface area contributed by atoms with Crippen LogP contribution in [0.2, 0.25) is 0 Å². The Morgan fingerprint density at radius 1 is 1.12 bits per heavy atom. The van der Waals surface area contributed by atoms with Gasteiger partial charge in [0.2, 0.25) is 0 Å². The van der Waals surface area contributed by atoms with Crippen LogP contribution in [0, 0.1) is 11.3 Å². The SMILES string of the molecule is C[C@H](OC(=O)c1ccccc1S(C)(=O)=O)C(=O)Nc1ccc(C#N)cc1. The average Bonchev–Trinajstić information content (AvgIpc) is 2.61. The lowest BCUT2D eigenvalue weighted by Crippen LogP contribution is -2.30. The van der Waals surface area contributed by atoms with Crippen LogP contribution >= 0.6 is 0 Å². The molecule has 134 valence electrons. The van der Waals surface area contributed by atoms with Crippen LogP contribution in [0.3, 0.4) is 0 Å². The second-order valence-electron chi connectivity index (χ2n) is 5.49. The molecule has 0 aromatic heterocycles. The van der Waals surface area contributed by atoms with Crippen LogP contribution in [0.25, 0.3) is 0 Å². The molecule has 8 heteroatoms. The number of rotatable bonds is 5. The van der Waals surface area contributed by atoms with E-state index in [4.69, 9.17) is 10.00 Å². The van der Waals surface area contributed by atoms with Gasteiger partial charge in [0.05, 0.1) is 22.1 Å². The third-order valence-electron chi connectivity index (χ3n) is 3.44. The minimum Gasteiger partial charge on any atom is -0.449 e. The first-order valence-corrected chi connectivity index (χ1v) is 9.42. The normalized spacial score (nSPS) is 11.9. The molecule has 26 heavy (non-hydrogen) atoms. The van der Waals surface area contributed by atoms with E-state index in [0.29, 0.717) is 11.3 Å². The third-order valence-corrected chi connectivity index (χ3v) is 4.60. The highest BCUT2D eigenvalue weighted by Gasteiger charge is 2.23. The zero-order valence-corrected chi connectivity index (χ0v) is 14.9. The average molecular weight is 372 g/mol. The molecule has 0 heterocycles. The molecule has 0 bridgehead atoms. The molecule has 2 aromatic rings. The Morgan fingerprint density at radius 3 is 2.31 bits per heavy atom. The molecule has 0 saturated heterocycles. The Hall–Kier alpha value is -3.18. The highest BCUT2D eigenvalue weighted by atomic mass is 32.2. The predicted molar refractivity (Wildman–Crippen MR) is 94.2 cm³/mol. The van der Waals surface area contributed by atoms with Gasteiger partial charge in [0, 0.05) is 11.9 Å². The van der Waals surface area contributed by atoms with E-state index in [0.717, 1.165) is 6.26 Å². The summed E-state index contributed by atoms with van der Waals surface area (Å²) < 4.78 is 28.6. The highest BCUT2D eigenvalue weighted by Crippen LogP contribution is 2.17. The first kappa shape index (κ1) is 19.1. The zero-order chi connectivity index (χ0) is 19.3. The summed E-state index contributed by atoms with van der Waals surface area (Å²) in [4.78, 5) is 24.2. The molecule has 1 atom stereocenters. The van der Waals surface area contributed by atoms with Crippen LogP contribution in [0.15, 0.2) is 53.4 Å². The van der Waals surface area contributed by atoms with Crippen molar-refractivity contribution in [3.05, 3.63) is 59.7 Å². The van der Waals surface area contributed by atoms with E-state index in [1.165, 1.54) is 43.3 Å². The van der Waals surface area contributed by atoms with Gasteiger partial charge in [-0.2, -0.15) is 5.26 Å². The summed E-state index contributed by atoms with van der Waals surface area (Å²) in [7, 11) is -3.62. The highest BCUT2D eigenvalue weighted by molar-refractivity contribution is 7.90. The number of hydrogen-bond donors (Lipinski definition) is 1. The van der Waals surface area contributed by atoms with Crippen molar-refractivity contribution < 1.29 is 22.7 Å². The van der Waals surface area contributed by atoms with Gasteiger partial charge in [-0.15, -0.1) is 0 Å². The van der Waals surface area contributed by atoms with E-state index in [1.807, 2.05) is 6.07 Å². The van der Waals surface area contributed by atoms with Gasteiger partial charge in [0.15, 0.2) is 15.9 Å². The number of nitrogens with zero attached hydrogens (tertiary/aromatic N) is 1. The number of sulfone groups is 1. The Kier molecular flexibility index (Phi) is 5.75. The van der Waals surface area contributed by atoms with Crippen molar-refractivity contribution in [3.63, 3.8) is 0 Å². The Bertz CT molecular complexity index is 975. The summed E-state index contributed by atoms with van der Waals surface area (Å²) in [6.45, 7) is 1.37. The van der Waals surface area contributed by atoms with Gasteiger partial charge in [-0.1, -0.05) is 12.1 Å². The maximum absolute atomic E-state index is 12.3. The standard InChI is InChI=1S/C18H16N2O5S/c1-12(17(21)20-14-9-7-13(11-19)8-10-14)25-18(22)15-5-3-4-6-16(15)26(2,23)24/h3-10,12H,1-2H3,(H,20,21)/t12-/m0/s1. The van der Waals surface area contributed by atoms with Gasteiger partial charge in [-0.3, -0.25) is 4.79 Å². The van der Waals surface area contributed by atoms with Gasteiger partial charge in [-0.25, -0.2) is 13.2 Å². The molecule has 7 nitrogen and oxygen atoms in total. The van der Waals surface area contributed by atoms with Gasteiger partial charge in [-0.05, 0) is 43.3 Å². The summed E-state index contributed by atoms with van der Waals surface area (Å²) in [5.74, 6) is -1.49. The number of nitrogens with one attached hydrogen (secondary N) is 1. The largest absolute Gasteiger partial charge is 0.449 e. The summed E-state index contributed by atoms with van der Waals surface area (Å²) in [6, 6.07) is 13.7. The van der Waals surface area contributed by atoms with Crippen LogP contribution in [-0.2, 0) is 19.4 Å². The molecule has 0 saturated carbocycles. The van der Waals surface area contributed by atoms with Gasteiger partial charge >= 0.3 is 5.97 Å². The quantitative estimate of drug-likeness (QED) is 0.805. The Labute approximate surface area is 151 Å². The second-order valence-corrected chi connectivity index (χ2v) is 7.48. The zero-order valence-electron chi connectivity index (χ0n) is 14.1. The fourth-order valence-corrected chi connectivity index (χ4v) is 2.98. The number of hydrogen-bond acceptors (Lipinski definition) is 6. The molecule has 0 radical (unpaired) electrons. The van der Waals surface area contributed by atoms with Crippen molar-refractivity contribution in [2.75, 3.05) is 11.6 Å². The van der Waals surface area contributed by atoms with Gasteiger partial charge in [0.1, 0.15) is 0 Å². The number of carbonyl (C=O) groups is 2. The maximum atomic E-state index is 12.3.